The van der Waals surface area contributed by atoms with Gasteiger partial charge < -0.3 is 10.2 Å². The van der Waals surface area contributed by atoms with Gasteiger partial charge in [0.2, 0.25) is 10.1 Å². The van der Waals surface area contributed by atoms with Crippen LogP contribution in [0.2, 0.25) is 0 Å². The van der Waals surface area contributed by atoms with Gasteiger partial charge >= 0.3 is 60.8 Å². The van der Waals surface area contributed by atoms with Crippen LogP contribution >= 0.6 is 0 Å². The first-order chi connectivity index (χ1) is 1.00. The van der Waals surface area contributed by atoms with Crippen LogP contribution in [0.3, 0.4) is 0 Å². The van der Waals surface area contributed by atoms with Crippen LogP contribution in [-0.2, 0) is 26.2 Å². The molecule has 0 amide bonds. The Kier molecular flexibility index (Phi) is 235. The topological polar surface area (TPSA) is 17.1 Å². The molecule has 0 spiro atoms. The van der Waals surface area contributed by atoms with Gasteiger partial charge in [0.25, 0.3) is 0 Å². The average molecular weight is 192 g/mol. The van der Waals surface area contributed by atoms with Crippen LogP contribution in [0.4, 0.5) is 0 Å². The summed E-state index contributed by atoms with van der Waals surface area (Å²) in [6.45, 7) is 0. The molecule has 30 valence electrons. The number of hydrogen-bond acceptors (Lipinski definition) is 1. The van der Waals surface area contributed by atoms with Crippen LogP contribution in [0.15, 0.2) is 0 Å². The standard InChI is InChI=1S/Al.Ca.Mg.H2OSi.Ti.7H/c;;;1-2;;;;;;;;/h;;;2H2;;;;;;;;/q;2*+2;;;;;;4*-1. The van der Waals surface area contributed by atoms with Gasteiger partial charge in [-0.25, -0.2) is 0 Å². The zero-order chi connectivity index (χ0) is 2.00. The van der Waals surface area contributed by atoms with Crippen LogP contribution in [0.5, 0.6) is 0 Å². The molecular formula is H9AlCaMgOSiTi. The Balaban J connectivity index is -0.000000000179. The second-order valence-corrected chi connectivity index (χ2v) is 0. The molecule has 0 aromatic rings. The van der Waals surface area contributed by atoms with Crippen molar-refractivity contribution in [1.82, 2.24) is 0 Å². The van der Waals surface area contributed by atoms with Crippen molar-refractivity contribution < 1.29 is 31.9 Å². The smallest absolute Gasteiger partial charge is 1.00 e. The van der Waals surface area contributed by atoms with E-state index in [0.717, 1.165) is 0 Å². The van der Waals surface area contributed by atoms with E-state index in [4.69, 9.17) is 4.46 Å². The summed E-state index contributed by atoms with van der Waals surface area (Å²) in [4.78, 5) is 0. The molecule has 0 radical (unpaired) electrons. The fourth-order valence-corrected chi connectivity index (χ4v) is 0. The maximum Gasteiger partial charge on any atom is 2.00 e. The minimum absolute atomic E-state index is 0. The maximum atomic E-state index is 8.28. The van der Waals surface area contributed by atoms with Gasteiger partial charge in [0.15, 0.2) is 17.4 Å². The molecule has 0 bridgehead atoms. The van der Waals surface area contributed by atoms with E-state index >= 15 is 0 Å². The molecule has 0 N–H and O–H groups in total. The molecular weight excluding hydrogens is 183 g/mol. The van der Waals surface area contributed by atoms with Crippen molar-refractivity contribution in [2.24, 2.45) is 0 Å². The predicted octanol–water partition coefficient (Wildman–Crippen LogP) is -2.53. The van der Waals surface area contributed by atoms with Gasteiger partial charge in [-0.15, -0.1) is 0 Å². The number of rotatable bonds is 0. The molecule has 0 aliphatic rings. The van der Waals surface area contributed by atoms with Crippen LogP contribution in [0.25, 0.3) is 0 Å². The quantitative estimate of drug-likeness (QED) is 0.387. The Morgan fingerprint density at radius 3 is 1.33 bits per heavy atom. The zero-order valence-electron chi connectivity index (χ0n) is 7.03. The van der Waals surface area contributed by atoms with E-state index in [9.17, 15) is 0 Å². The first-order valence-electron chi connectivity index (χ1n) is 0.289. The second kappa shape index (κ2) is 40.7. The average Bonchev–Trinajstić information content (AvgIpc) is 1.00. The summed E-state index contributed by atoms with van der Waals surface area (Å²) in [6, 6.07) is 0. The molecule has 0 rings (SSSR count). The van der Waals surface area contributed by atoms with Crippen molar-refractivity contribution in [1.29, 1.82) is 0 Å². The first kappa shape index (κ1) is 34.7. The molecule has 0 unspecified atom stereocenters. The van der Waals surface area contributed by atoms with Crippen LogP contribution in [-0.4, -0.2) is 88.3 Å². The molecule has 0 aliphatic carbocycles. The molecule has 0 aliphatic heterocycles. The monoisotopic (exact) mass is 192 g/mol. The van der Waals surface area contributed by atoms with Crippen LogP contribution in [0.1, 0.15) is 5.71 Å². The summed E-state index contributed by atoms with van der Waals surface area (Å²) in [5.41, 5.74) is 0. The molecule has 0 saturated carbocycles. The fraction of sp³-hybridized carbons (Fsp3) is 0. The van der Waals surface area contributed by atoms with Gasteiger partial charge in [-0.3, -0.25) is 0 Å². The summed E-state index contributed by atoms with van der Waals surface area (Å²) in [5, 5.41) is 0. The number of hydrogen-bond donors (Lipinski definition) is 0. The van der Waals surface area contributed by atoms with E-state index in [-0.39, 0.29) is 106 Å². The fourth-order valence-electron chi connectivity index (χ4n) is 0. The zero-order valence-corrected chi connectivity index (χ0v) is 9.63. The van der Waals surface area contributed by atoms with Gasteiger partial charge in [-0.1, -0.05) is 0 Å². The molecule has 0 aromatic carbocycles. The normalized spacial score (nSPS) is 0.667. The van der Waals surface area contributed by atoms with Gasteiger partial charge in [0.05, 0.1) is 0 Å². The summed E-state index contributed by atoms with van der Waals surface area (Å²) in [7, 11) is 0.611. The van der Waals surface area contributed by atoms with Crippen LogP contribution in [0, 0.1) is 0 Å². The van der Waals surface area contributed by atoms with Crippen molar-refractivity contribution in [2.45, 2.75) is 0 Å². The SMILES string of the molecule is O=[SiH2].[AlH3].[Ca+2].[H-].[H-].[H-].[H-].[Mg+2].[Ti]. The summed E-state index contributed by atoms with van der Waals surface area (Å²) in [6.07, 6.45) is 0. The summed E-state index contributed by atoms with van der Waals surface area (Å²) < 4.78 is 8.28. The third-order valence-corrected chi connectivity index (χ3v) is 0. The molecule has 6 heteroatoms. The Labute approximate surface area is 118 Å². The first-order valence-corrected chi connectivity index (χ1v) is 0.866. The van der Waals surface area contributed by atoms with E-state index in [1.165, 1.54) is 0 Å². The van der Waals surface area contributed by atoms with Crippen molar-refractivity contribution in [3.8, 4) is 0 Å². The Morgan fingerprint density at radius 1 is 1.33 bits per heavy atom. The van der Waals surface area contributed by atoms with E-state index in [0.29, 0.717) is 10.1 Å². The molecule has 0 saturated heterocycles. The third-order valence-electron chi connectivity index (χ3n) is 0. The third kappa shape index (κ3) is 26.6. The predicted molar refractivity (Wildman–Crippen MR) is 35.1 cm³/mol. The summed E-state index contributed by atoms with van der Waals surface area (Å²) in [5.74, 6) is 0. The Morgan fingerprint density at radius 2 is 1.33 bits per heavy atom. The minimum Gasteiger partial charge on any atom is -1.00 e. The Bertz CT molecular complexity index is 25.2. The molecule has 0 atom stereocenters. The molecule has 6 heavy (non-hydrogen) atoms. The van der Waals surface area contributed by atoms with Gasteiger partial charge in [-0.05, 0) is 0 Å². The van der Waals surface area contributed by atoms with Crippen LogP contribution < -0.4 is 0 Å². The Hall–Kier alpha value is 3.29. The molecule has 0 fully saturated rings. The van der Waals surface area contributed by atoms with Crippen molar-refractivity contribution in [3.05, 3.63) is 0 Å². The van der Waals surface area contributed by atoms with Gasteiger partial charge in [0, 0.05) is 21.7 Å². The molecule has 0 aromatic heterocycles. The maximum absolute atomic E-state index is 8.28. The van der Waals surface area contributed by atoms with E-state index in [1.807, 2.05) is 0 Å². The molecule has 1 nitrogen and oxygen atoms in total. The summed E-state index contributed by atoms with van der Waals surface area (Å²) >= 11 is 0. The van der Waals surface area contributed by atoms with E-state index in [1.54, 1.807) is 0 Å². The van der Waals surface area contributed by atoms with Gasteiger partial charge in [-0.2, -0.15) is 0 Å². The minimum atomic E-state index is 0. The van der Waals surface area contributed by atoms with Crippen molar-refractivity contribution >= 4 is 88.3 Å². The van der Waals surface area contributed by atoms with Crippen molar-refractivity contribution in [2.75, 3.05) is 0 Å². The second-order valence-electron chi connectivity index (χ2n) is 0. The van der Waals surface area contributed by atoms with Gasteiger partial charge in [0.1, 0.15) is 0 Å². The van der Waals surface area contributed by atoms with E-state index < -0.39 is 0 Å². The van der Waals surface area contributed by atoms with Crippen molar-refractivity contribution in [3.63, 3.8) is 0 Å². The van der Waals surface area contributed by atoms with E-state index in [2.05, 4.69) is 0 Å². The largest absolute Gasteiger partial charge is 2.00 e. The molecule has 0 heterocycles.